The molecular formula is C23H30FNO. The van der Waals surface area contributed by atoms with Crippen LogP contribution in [0.2, 0.25) is 0 Å². The molecule has 0 bridgehead atoms. The summed E-state index contributed by atoms with van der Waals surface area (Å²) in [6.45, 7) is 6.73. The Bertz CT molecular complexity index is 688. The van der Waals surface area contributed by atoms with Crippen molar-refractivity contribution in [3.63, 3.8) is 0 Å². The van der Waals surface area contributed by atoms with Gasteiger partial charge in [-0.2, -0.15) is 0 Å². The number of halogens is 1. The van der Waals surface area contributed by atoms with E-state index in [4.69, 9.17) is 4.74 Å². The van der Waals surface area contributed by atoms with E-state index in [0.717, 1.165) is 38.0 Å². The van der Waals surface area contributed by atoms with Crippen LogP contribution in [0.4, 0.5) is 4.39 Å². The summed E-state index contributed by atoms with van der Waals surface area (Å²) in [4.78, 5) is 0. The fourth-order valence-corrected chi connectivity index (χ4v) is 4.00. The van der Waals surface area contributed by atoms with E-state index in [1.165, 1.54) is 11.6 Å². The third-order valence-corrected chi connectivity index (χ3v) is 5.69. The monoisotopic (exact) mass is 355 g/mol. The lowest BCUT2D eigenvalue weighted by Crippen LogP contribution is -2.42. The Morgan fingerprint density at radius 3 is 2.58 bits per heavy atom. The summed E-state index contributed by atoms with van der Waals surface area (Å²) in [5.41, 5.74) is 2.27. The molecule has 2 unspecified atom stereocenters. The highest BCUT2D eigenvalue weighted by Crippen LogP contribution is 2.41. The molecule has 0 spiro atoms. The normalized spacial score (nSPS) is 23.3. The lowest BCUT2D eigenvalue weighted by molar-refractivity contribution is -0.0469. The summed E-state index contributed by atoms with van der Waals surface area (Å²) in [5, 5.41) is 3.45. The van der Waals surface area contributed by atoms with Crippen LogP contribution in [0.1, 0.15) is 44.2 Å². The molecule has 1 fully saturated rings. The first-order valence-corrected chi connectivity index (χ1v) is 9.72. The molecule has 1 aliphatic rings. The zero-order chi connectivity index (χ0) is 18.4. The highest BCUT2D eigenvalue weighted by Gasteiger charge is 2.38. The van der Waals surface area contributed by atoms with Crippen molar-refractivity contribution in [3.05, 3.63) is 71.5 Å². The fraction of sp³-hybridized carbons (Fsp3) is 0.478. The summed E-state index contributed by atoms with van der Waals surface area (Å²) in [5.74, 6) is 0.383. The summed E-state index contributed by atoms with van der Waals surface area (Å²) in [6, 6.07) is 17.8. The average molecular weight is 355 g/mol. The van der Waals surface area contributed by atoms with Crippen molar-refractivity contribution < 1.29 is 9.13 Å². The van der Waals surface area contributed by atoms with Crippen LogP contribution >= 0.6 is 0 Å². The van der Waals surface area contributed by atoms with Crippen LogP contribution in [-0.4, -0.2) is 19.3 Å². The van der Waals surface area contributed by atoms with Gasteiger partial charge < -0.3 is 10.1 Å². The number of hydrogen-bond acceptors (Lipinski definition) is 2. The van der Waals surface area contributed by atoms with Crippen LogP contribution in [0.25, 0.3) is 0 Å². The second-order valence-electron chi connectivity index (χ2n) is 7.77. The Labute approximate surface area is 156 Å². The lowest BCUT2D eigenvalue weighted by atomic mass is 9.68. The fourth-order valence-electron chi connectivity index (χ4n) is 4.00. The van der Waals surface area contributed by atoms with Crippen LogP contribution in [0, 0.1) is 11.7 Å². The maximum atomic E-state index is 13.8. The molecule has 0 saturated carbocycles. The van der Waals surface area contributed by atoms with Crippen molar-refractivity contribution in [3.8, 4) is 0 Å². The predicted molar refractivity (Wildman–Crippen MR) is 105 cm³/mol. The first-order chi connectivity index (χ1) is 12.6. The maximum Gasteiger partial charge on any atom is 0.127 e. The Balaban J connectivity index is 1.67. The van der Waals surface area contributed by atoms with E-state index in [9.17, 15) is 4.39 Å². The number of hydrogen-bond donors (Lipinski definition) is 1. The van der Waals surface area contributed by atoms with E-state index < -0.39 is 0 Å². The molecule has 1 N–H and O–H groups in total. The van der Waals surface area contributed by atoms with Gasteiger partial charge in [0.2, 0.25) is 0 Å². The van der Waals surface area contributed by atoms with E-state index in [-0.39, 0.29) is 11.2 Å². The zero-order valence-electron chi connectivity index (χ0n) is 15.9. The second kappa shape index (κ2) is 8.79. The summed E-state index contributed by atoms with van der Waals surface area (Å²) in [7, 11) is 0. The lowest BCUT2D eigenvalue weighted by Gasteiger charge is -2.43. The smallest absolute Gasteiger partial charge is 0.127 e. The molecule has 0 aliphatic carbocycles. The molecule has 0 aromatic heterocycles. The summed E-state index contributed by atoms with van der Waals surface area (Å²) >= 11 is 0. The van der Waals surface area contributed by atoms with Crippen LogP contribution in [0.15, 0.2) is 54.6 Å². The maximum absolute atomic E-state index is 13.8. The molecule has 1 saturated heterocycles. The Kier molecular flexibility index (Phi) is 6.44. The SMILES string of the molecule is CC(C)C1CC(CCNCc2ccccc2F)(c2ccccc2)CCO1. The number of benzene rings is 2. The minimum atomic E-state index is -0.135. The van der Waals surface area contributed by atoms with Gasteiger partial charge in [-0.3, -0.25) is 0 Å². The van der Waals surface area contributed by atoms with Crippen LogP contribution in [0.5, 0.6) is 0 Å². The van der Waals surface area contributed by atoms with Gasteiger partial charge in [-0.25, -0.2) is 4.39 Å². The molecule has 2 atom stereocenters. The van der Waals surface area contributed by atoms with Crippen LogP contribution < -0.4 is 5.32 Å². The zero-order valence-corrected chi connectivity index (χ0v) is 15.9. The third kappa shape index (κ3) is 4.52. The van der Waals surface area contributed by atoms with E-state index in [1.807, 2.05) is 12.1 Å². The quantitative estimate of drug-likeness (QED) is 0.700. The van der Waals surface area contributed by atoms with Crippen molar-refractivity contribution in [2.45, 2.75) is 51.2 Å². The van der Waals surface area contributed by atoms with Gasteiger partial charge in [0.05, 0.1) is 6.10 Å². The molecule has 0 amide bonds. The minimum absolute atomic E-state index is 0.135. The second-order valence-corrected chi connectivity index (χ2v) is 7.77. The molecule has 2 aromatic carbocycles. The number of ether oxygens (including phenoxy) is 1. The van der Waals surface area contributed by atoms with Gasteiger partial charge in [0.25, 0.3) is 0 Å². The molecule has 1 heterocycles. The average Bonchev–Trinajstić information content (AvgIpc) is 2.67. The third-order valence-electron chi connectivity index (χ3n) is 5.69. The standard InChI is InChI=1S/C23H30FNO/c1-18(2)22-16-23(13-15-26-22,20-9-4-3-5-10-20)12-14-25-17-19-8-6-7-11-21(19)24/h3-11,18,22,25H,12-17H2,1-2H3. The molecular weight excluding hydrogens is 325 g/mol. The molecule has 1 aliphatic heterocycles. The van der Waals surface area contributed by atoms with E-state index in [0.29, 0.717) is 18.6 Å². The topological polar surface area (TPSA) is 21.3 Å². The molecule has 2 nitrogen and oxygen atoms in total. The molecule has 2 aromatic rings. The van der Waals surface area contributed by atoms with Gasteiger partial charge in [-0.1, -0.05) is 62.4 Å². The van der Waals surface area contributed by atoms with Gasteiger partial charge in [-0.05, 0) is 43.4 Å². The molecule has 3 rings (SSSR count). The van der Waals surface area contributed by atoms with E-state index in [1.54, 1.807) is 6.07 Å². The molecule has 140 valence electrons. The number of rotatable bonds is 7. The highest BCUT2D eigenvalue weighted by atomic mass is 19.1. The van der Waals surface area contributed by atoms with Crippen LogP contribution in [-0.2, 0) is 16.7 Å². The van der Waals surface area contributed by atoms with E-state index in [2.05, 4.69) is 49.5 Å². The summed E-state index contributed by atoms with van der Waals surface area (Å²) in [6.07, 6.45) is 3.44. The van der Waals surface area contributed by atoms with Gasteiger partial charge in [-0.15, -0.1) is 0 Å². The minimum Gasteiger partial charge on any atom is -0.378 e. The molecule has 0 radical (unpaired) electrons. The first-order valence-electron chi connectivity index (χ1n) is 9.72. The van der Waals surface area contributed by atoms with E-state index >= 15 is 0 Å². The highest BCUT2D eigenvalue weighted by molar-refractivity contribution is 5.26. The Morgan fingerprint density at radius 1 is 1.12 bits per heavy atom. The number of nitrogens with one attached hydrogen (secondary N) is 1. The van der Waals surface area contributed by atoms with Crippen molar-refractivity contribution in [2.24, 2.45) is 5.92 Å². The van der Waals surface area contributed by atoms with Crippen LogP contribution in [0.3, 0.4) is 0 Å². The Morgan fingerprint density at radius 2 is 1.85 bits per heavy atom. The van der Waals surface area contributed by atoms with Gasteiger partial charge in [0, 0.05) is 24.1 Å². The van der Waals surface area contributed by atoms with Gasteiger partial charge >= 0.3 is 0 Å². The molecule has 3 heteroatoms. The Hall–Kier alpha value is -1.71. The summed E-state index contributed by atoms with van der Waals surface area (Å²) < 4.78 is 19.8. The van der Waals surface area contributed by atoms with Crippen molar-refractivity contribution in [1.29, 1.82) is 0 Å². The molecule has 26 heavy (non-hydrogen) atoms. The van der Waals surface area contributed by atoms with Gasteiger partial charge in [0.1, 0.15) is 5.82 Å². The largest absolute Gasteiger partial charge is 0.378 e. The van der Waals surface area contributed by atoms with Crippen molar-refractivity contribution >= 4 is 0 Å². The van der Waals surface area contributed by atoms with Crippen molar-refractivity contribution in [2.75, 3.05) is 13.2 Å². The predicted octanol–water partition coefficient (Wildman–Crippen LogP) is 5.08. The van der Waals surface area contributed by atoms with Crippen molar-refractivity contribution in [1.82, 2.24) is 5.32 Å². The first kappa shape index (κ1) is 19.1. The van der Waals surface area contributed by atoms with Gasteiger partial charge in [0.15, 0.2) is 0 Å².